The number of carbonyl (C=O) groups is 1. The number of hydrogen-bond donors (Lipinski definition) is 1. The third-order valence-electron chi connectivity index (χ3n) is 2.66. The minimum atomic E-state index is -0.150. The van der Waals surface area contributed by atoms with Crippen molar-refractivity contribution in [3.63, 3.8) is 0 Å². The monoisotopic (exact) mass is 340 g/mol. The standard InChI is InChI=1S/C11H12N6OS3/c1-6(8-3-17-10(14-8)20-5-12-17)13-9(18)4-19-11-16-15-7(2)21-11/h3,5-6H,4H2,1-2H3,(H,13,18)/t6-/m1/s1. The predicted molar refractivity (Wildman–Crippen MR) is 82.8 cm³/mol. The zero-order valence-electron chi connectivity index (χ0n) is 11.3. The molecular formula is C11H12N6OS3. The van der Waals surface area contributed by atoms with E-state index in [1.54, 1.807) is 10.0 Å². The molecule has 0 saturated heterocycles. The smallest absolute Gasteiger partial charge is 0.230 e. The number of hydrogen-bond acceptors (Lipinski definition) is 8. The number of carbonyl (C=O) groups excluding carboxylic acids is 1. The highest BCUT2D eigenvalue weighted by atomic mass is 32.2. The van der Waals surface area contributed by atoms with Crippen LogP contribution in [0.2, 0.25) is 0 Å². The van der Waals surface area contributed by atoms with Crippen molar-refractivity contribution in [3.8, 4) is 0 Å². The number of aromatic nitrogens is 5. The van der Waals surface area contributed by atoms with Crippen LogP contribution in [0.5, 0.6) is 0 Å². The van der Waals surface area contributed by atoms with Crippen LogP contribution in [0.25, 0.3) is 4.96 Å². The van der Waals surface area contributed by atoms with Gasteiger partial charge in [0.2, 0.25) is 10.9 Å². The Balaban J connectivity index is 1.55. The molecule has 1 amide bonds. The minimum absolute atomic E-state index is 0.0512. The normalized spacial score (nSPS) is 12.7. The number of thioether (sulfide) groups is 1. The molecular weight excluding hydrogens is 328 g/mol. The van der Waals surface area contributed by atoms with E-state index in [0.717, 1.165) is 20.0 Å². The van der Waals surface area contributed by atoms with Crippen molar-refractivity contribution < 1.29 is 4.79 Å². The lowest BCUT2D eigenvalue weighted by Gasteiger charge is -2.10. The first-order valence-electron chi connectivity index (χ1n) is 6.13. The summed E-state index contributed by atoms with van der Waals surface area (Å²) < 4.78 is 2.52. The molecule has 110 valence electrons. The van der Waals surface area contributed by atoms with Crippen LogP contribution in [0.1, 0.15) is 23.7 Å². The Morgan fingerprint density at radius 2 is 2.38 bits per heavy atom. The maximum Gasteiger partial charge on any atom is 0.230 e. The second kappa shape index (κ2) is 6.08. The van der Waals surface area contributed by atoms with E-state index in [1.807, 2.05) is 20.0 Å². The molecule has 1 N–H and O–H groups in total. The summed E-state index contributed by atoms with van der Waals surface area (Å²) in [6.45, 7) is 3.80. The molecule has 10 heteroatoms. The van der Waals surface area contributed by atoms with E-state index in [4.69, 9.17) is 0 Å². The van der Waals surface area contributed by atoms with Gasteiger partial charge < -0.3 is 5.32 Å². The third kappa shape index (κ3) is 3.39. The number of rotatable bonds is 5. The Morgan fingerprint density at radius 3 is 3.10 bits per heavy atom. The van der Waals surface area contributed by atoms with Gasteiger partial charge in [0.25, 0.3) is 0 Å². The van der Waals surface area contributed by atoms with Crippen LogP contribution in [0.3, 0.4) is 0 Å². The van der Waals surface area contributed by atoms with Gasteiger partial charge in [-0.1, -0.05) is 34.4 Å². The lowest BCUT2D eigenvalue weighted by atomic mass is 10.2. The second-order valence-corrected chi connectivity index (χ2v) is 7.51. The third-order valence-corrected chi connectivity index (χ3v) is 5.32. The van der Waals surface area contributed by atoms with Gasteiger partial charge in [0.1, 0.15) is 10.5 Å². The molecule has 0 bridgehead atoms. The summed E-state index contributed by atoms with van der Waals surface area (Å²) >= 11 is 4.34. The molecule has 0 radical (unpaired) electrons. The van der Waals surface area contributed by atoms with E-state index >= 15 is 0 Å². The summed E-state index contributed by atoms with van der Waals surface area (Å²) in [5, 5.41) is 15.8. The van der Waals surface area contributed by atoms with E-state index in [9.17, 15) is 4.79 Å². The van der Waals surface area contributed by atoms with Crippen LogP contribution < -0.4 is 5.32 Å². The highest BCUT2D eigenvalue weighted by molar-refractivity contribution is 8.01. The Kier molecular flexibility index (Phi) is 4.17. The zero-order chi connectivity index (χ0) is 14.8. The summed E-state index contributed by atoms with van der Waals surface area (Å²) in [4.78, 5) is 17.2. The molecule has 7 nitrogen and oxygen atoms in total. The van der Waals surface area contributed by atoms with Crippen LogP contribution in [0.15, 0.2) is 16.0 Å². The van der Waals surface area contributed by atoms with Crippen molar-refractivity contribution in [2.75, 3.05) is 5.75 Å². The molecule has 3 aromatic heterocycles. The summed E-state index contributed by atoms with van der Waals surface area (Å²) in [6.07, 6.45) is 1.83. The van der Waals surface area contributed by atoms with E-state index in [2.05, 4.69) is 25.6 Å². The molecule has 3 aromatic rings. The molecule has 0 aromatic carbocycles. The number of nitrogens with one attached hydrogen (secondary N) is 1. The van der Waals surface area contributed by atoms with Crippen LogP contribution >= 0.6 is 34.4 Å². The van der Waals surface area contributed by atoms with Crippen LogP contribution in [0, 0.1) is 6.92 Å². The van der Waals surface area contributed by atoms with Gasteiger partial charge in [0, 0.05) is 0 Å². The van der Waals surface area contributed by atoms with Crippen LogP contribution in [-0.2, 0) is 4.79 Å². The summed E-state index contributed by atoms with van der Waals surface area (Å²) in [7, 11) is 0. The van der Waals surface area contributed by atoms with Gasteiger partial charge in [-0.3, -0.25) is 4.79 Å². The van der Waals surface area contributed by atoms with Crippen LogP contribution in [-0.4, -0.2) is 36.5 Å². The summed E-state index contributed by atoms with van der Waals surface area (Å²) in [6, 6.07) is -0.150. The van der Waals surface area contributed by atoms with Crippen molar-refractivity contribution in [2.24, 2.45) is 0 Å². The Labute approximate surface area is 132 Å². The van der Waals surface area contributed by atoms with Gasteiger partial charge in [0.15, 0.2) is 4.34 Å². The average molecular weight is 340 g/mol. The SMILES string of the molecule is Cc1nnc(SCC(=O)N[C@H](C)c2cn3ncsc3n2)s1. The number of amides is 1. The van der Waals surface area contributed by atoms with Crippen molar-refractivity contribution in [1.29, 1.82) is 0 Å². The highest BCUT2D eigenvalue weighted by Crippen LogP contribution is 2.22. The van der Waals surface area contributed by atoms with Crippen molar-refractivity contribution in [1.82, 2.24) is 30.1 Å². The first kappa shape index (κ1) is 14.4. The zero-order valence-corrected chi connectivity index (χ0v) is 13.8. The van der Waals surface area contributed by atoms with Crippen molar-refractivity contribution >= 4 is 45.3 Å². The lowest BCUT2D eigenvalue weighted by molar-refractivity contribution is -0.119. The molecule has 0 saturated carbocycles. The molecule has 3 rings (SSSR count). The van der Waals surface area contributed by atoms with E-state index < -0.39 is 0 Å². The van der Waals surface area contributed by atoms with Gasteiger partial charge in [-0.2, -0.15) is 5.10 Å². The quantitative estimate of drug-likeness (QED) is 0.714. The molecule has 3 heterocycles. The van der Waals surface area contributed by atoms with Gasteiger partial charge in [-0.05, 0) is 13.8 Å². The van der Waals surface area contributed by atoms with Gasteiger partial charge >= 0.3 is 0 Å². The Bertz CT molecular complexity index is 734. The summed E-state index contributed by atoms with van der Waals surface area (Å²) in [5.74, 6) is 0.268. The van der Waals surface area contributed by atoms with Crippen LogP contribution in [0.4, 0.5) is 0 Å². The average Bonchev–Trinajstić information content (AvgIpc) is 3.11. The van der Waals surface area contributed by atoms with Gasteiger partial charge in [0.05, 0.1) is 23.7 Å². The van der Waals surface area contributed by atoms with E-state index in [1.165, 1.54) is 34.4 Å². The highest BCUT2D eigenvalue weighted by Gasteiger charge is 2.14. The minimum Gasteiger partial charge on any atom is -0.347 e. The Morgan fingerprint density at radius 1 is 1.52 bits per heavy atom. The fourth-order valence-corrected chi connectivity index (χ4v) is 3.92. The molecule has 0 aliphatic carbocycles. The molecule has 0 unspecified atom stereocenters. The maximum absolute atomic E-state index is 11.9. The summed E-state index contributed by atoms with van der Waals surface area (Å²) in [5.41, 5.74) is 2.54. The van der Waals surface area contributed by atoms with E-state index in [0.29, 0.717) is 5.75 Å². The molecule has 21 heavy (non-hydrogen) atoms. The Hall–Kier alpha value is -1.52. The topological polar surface area (TPSA) is 85.1 Å². The number of fused-ring (bicyclic) bond motifs is 1. The fourth-order valence-electron chi connectivity index (χ4n) is 1.69. The molecule has 0 fully saturated rings. The molecule has 0 spiro atoms. The number of aryl methyl sites for hydroxylation is 1. The fraction of sp³-hybridized carbons (Fsp3) is 0.364. The van der Waals surface area contributed by atoms with Crippen molar-refractivity contribution in [3.05, 3.63) is 22.4 Å². The number of nitrogens with zero attached hydrogens (tertiary/aromatic N) is 5. The predicted octanol–water partition coefficient (Wildman–Crippen LogP) is 1.92. The second-order valence-electron chi connectivity index (χ2n) is 4.30. The first-order valence-corrected chi connectivity index (χ1v) is 8.81. The first-order chi connectivity index (χ1) is 10.1. The van der Waals surface area contributed by atoms with Gasteiger partial charge in [-0.15, -0.1) is 10.2 Å². The van der Waals surface area contributed by atoms with Gasteiger partial charge in [-0.25, -0.2) is 9.50 Å². The largest absolute Gasteiger partial charge is 0.347 e. The lowest BCUT2D eigenvalue weighted by Crippen LogP contribution is -2.28. The maximum atomic E-state index is 11.9. The molecule has 0 aliphatic heterocycles. The molecule has 1 atom stereocenters. The van der Waals surface area contributed by atoms with Crippen molar-refractivity contribution in [2.45, 2.75) is 24.2 Å². The van der Waals surface area contributed by atoms with E-state index in [-0.39, 0.29) is 11.9 Å². The number of imidazole rings is 1. The molecule has 0 aliphatic rings.